The molecule has 0 saturated carbocycles. The Kier molecular flexibility index (Phi) is 3.76. The summed E-state index contributed by atoms with van der Waals surface area (Å²) < 4.78 is 30.8. The van der Waals surface area contributed by atoms with Crippen molar-refractivity contribution < 1.29 is 18.0 Å². The fraction of sp³-hybridized carbons (Fsp3) is 0.167. The van der Waals surface area contributed by atoms with Gasteiger partial charge < -0.3 is 4.42 Å². The SMILES string of the molecule is CC(Sc1ncco1)C(=O)c1ccc(F)c(F)c1. The third kappa shape index (κ3) is 2.76. The van der Waals surface area contributed by atoms with Gasteiger partial charge in [0.25, 0.3) is 5.22 Å². The number of rotatable bonds is 4. The maximum atomic E-state index is 13.0. The van der Waals surface area contributed by atoms with Gasteiger partial charge in [-0.15, -0.1) is 0 Å². The quantitative estimate of drug-likeness (QED) is 0.631. The molecule has 1 atom stereocenters. The van der Waals surface area contributed by atoms with Crippen LogP contribution in [0.25, 0.3) is 0 Å². The lowest BCUT2D eigenvalue weighted by atomic mass is 10.1. The fourth-order valence-corrected chi connectivity index (χ4v) is 2.14. The van der Waals surface area contributed by atoms with Crippen LogP contribution in [0, 0.1) is 11.6 Å². The second kappa shape index (κ2) is 5.30. The molecule has 6 heteroatoms. The van der Waals surface area contributed by atoms with E-state index in [1.165, 1.54) is 18.5 Å². The Balaban J connectivity index is 2.12. The van der Waals surface area contributed by atoms with Crippen molar-refractivity contribution >= 4 is 17.5 Å². The molecular formula is C12H9F2NO2S. The first-order valence-electron chi connectivity index (χ1n) is 5.13. The van der Waals surface area contributed by atoms with Gasteiger partial charge in [0, 0.05) is 5.56 Å². The monoisotopic (exact) mass is 269 g/mol. The summed E-state index contributed by atoms with van der Waals surface area (Å²) in [5.41, 5.74) is 0.125. The highest BCUT2D eigenvalue weighted by Crippen LogP contribution is 2.24. The Bertz CT molecular complexity index is 557. The molecule has 0 amide bonds. The van der Waals surface area contributed by atoms with Crippen LogP contribution in [-0.2, 0) is 0 Å². The molecule has 0 radical (unpaired) electrons. The molecule has 0 N–H and O–H groups in total. The Labute approximate surface area is 106 Å². The summed E-state index contributed by atoms with van der Waals surface area (Å²) in [6, 6.07) is 3.09. The van der Waals surface area contributed by atoms with Gasteiger partial charge >= 0.3 is 0 Å². The molecule has 18 heavy (non-hydrogen) atoms. The van der Waals surface area contributed by atoms with Crippen LogP contribution in [0.3, 0.4) is 0 Å². The van der Waals surface area contributed by atoms with Gasteiger partial charge in [-0.3, -0.25) is 4.79 Å². The topological polar surface area (TPSA) is 43.1 Å². The highest BCUT2D eigenvalue weighted by Gasteiger charge is 2.19. The third-order valence-electron chi connectivity index (χ3n) is 2.26. The Morgan fingerprint density at radius 2 is 2.17 bits per heavy atom. The number of oxazole rings is 1. The van der Waals surface area contributed by atoms with Gasteiger partial charge in [0.2, 0.25) is 0 Å². The smallest absolute Gasteiger partial charge is 0.256 e. The molecule has 1 heterocycles. The van der Waals surface area contributed by atoms with E-state index in [0.717, 1.165) is 23.9 Å². The van der Waals surface area contributed by atoms with Gasteiger partial charge in [0.05, 0.1) is 11.4 Å². The first-order valence-corrected chi connectivity index (χ1v) is 6.01. The number of hydrogen-bond acceptors (Lipinski definition) is 4. The van der Waals surface area contributed by atoms with Crippen molar-refractivity contribution in [3.8, 4) is 0 Å². The number of benzene rings is 1. The lowest BCUT2D eigenvalue weighted by Crippen LogP contribution is -2.14. The van der Waals surface area contributed by atoms with Gasteiger partial charge in [0.1, 0.15) is 6.26 Å². The zero-order chi connectivity index (χ0) is 13.1. The van der Waals surface area contributed by atoms with Crippen LogP contribution in [0.4, 0.5) is 8.78 Å². The van der Waals surface area contributed by atoms with Crippen LogP contribution in [0.1, 0.15) is 17.3 Å². The molecule has 0 spiro atoms. The summed E-state index contributed by atoms with van der Waals surface area (Å²) in [7, 11) is 0. The van der Waals surface area contributed by atoms with Gasteiger partial charge in [-0.1, -0.05) is 11.8 Å². The van der Waals surface area contributed by atoms with Crippen molar-refractivity contribution in [3.05, 3.63) is 47.9 Å². The van der Waals surface area contributed by atoms with Crippen molar-refractivity contribution in [2.75, 3.05) is 0 Å². The molecule has 0 fully saturated rings. The second-order valence-electron chi connectivity index (χ2n) is 3.55. The van der Waals surface area contributed by atoms with E-state index in [1.807, 2.05) is 0 Å². The van der Waals surface area contributed by atoms with Crippen LogP contribution < -0.4 is 0 Å². The number of nitrogens with zero attached hydrogens (tertiary/aromatic N) is 1. The molecule has 94 valence electrons. The van der Waals surface area contributed by atoms with Crippen LogP contribution in [-0.4, -0.2) is 16.0 Å². The van der Waals surface area contributed by atoms with E-state index in [2.05, 4.69) is 4.98 Å². The average Bonchev–Trinajstić information content (AvgIpc) is 2.84. The number of aromatic nitrogens is 1. The number of ketones is 1. The van der Waals surface area contributed by atoms with Crippen LogP contribution in [0.5, 0.6) is 0 Å². The first-order chi connectivity index (χ1) is 8.58. The average molecular weight is 269 g/mol. The second-order valence-corrected chi connectivity index (χ2v) is 4.84. The Morgan fingerprint density at radius 1 is 1.39 bits per heavy atom. The summed E-state index contributed by atoms with van der Waals surface area (Å²) in [6.45, 7) is 1.65. The van der Waals surface area contributed by atoms with Crippen molar-refractivity contribution in [1.82, 2.24) is 4.98 Å². The zero-order valence-electron chi connectivity index (χ0n) is 9.39. The van der Waals surface area contributed by atoms with E-state index in [1.54, 1.807) is 6.92 Å². The summed E-state index contributed by atoms with van der Waals surface area (Å²) in [5, 5.41) is -0.132. The molecule has 2 rings (SSSR count). The molecule has 0 saturated heterocycles. The summed E-state index contributed by atoms with van der Waals surface area (Å²) in [6.07, 6.45) is 2.87. The van der Waals surface area contributed by atoms with E-state index >= 15 is 0 Å². The van der Waals surface area contributed by atoms with E-state index in [0.29, 0.717) is 5.22 Å². The predicted octanol–water partition coefficient (Wildman–Crippen LogP) is 3.32. The molecule has 1 aromatic heterocycles. The number of hydrogen-bond donors (Lipinski definition) is 0. The number of carbonyl (C=O) groups excluding carboxylic acids is 1. The fourth-order valence-electron chi connectivity index (χ4n) is 1.36. The van der Waals surface area contributed by atoms with Crippen molar-refractivity contribution in [2.45, 2.75) is 17.4 Å². The van der Waals surface area contributed by atoms with Gasteiger partial charge in [-0.05, 0) is 25.1 Å². The number of carbonyl (C=O) groups is 1. The number of halogens is 2. The standard InChI is InChI=1S/C12H9F2NO2S/c1-7(18-12-15-4-5-17-12)11(16)8-2-3-9(13)10(14)6-8/h2-7H,1H3. The van der Waals surface area contributed by atoms with Crippen LogP contribution in [0.15, 0.2) is 40.3 Å². The number of thioether (sulfide) groups is 1. The maximum Gasteiger partial charge on any atom is 0.256 e. The van der Waals surface area contributed by atoms with Gasteiger partial charge in [-0.25, -0.2) is 13.8 Å². The highest BCUT2D eigenvalue weighted by molar-refractivity contribution is 8.00. The van der Waals surface area contributed by atoms with Crippen molar-refractivity contribution in [2.24, 2.45) is 0 Å². The van der Waals surface area contributed by atoms with E-state index in [-0.39, 0.29) is 11.3 Å². The van der Waals surface area contributed by atoms with Crippen molar-refractivity contribution in [3.63, 3.8) is 0 Å². The van der Waals surface area contributed by atoms with E-state index in [4.69, 9.17) is 4.42 Å². The molecule has 1 unspecified atom stereocenters. The third-order valence-corrected chi connectivity index (χ3v) is 3.23. The van der Waals surface area contributed by atoms with Gasteiger partial charge in [-0.2, -0.15) is 0 Å². The van der Waals surface area contributed by atoms with Crippen LogP contribution >= 0.6 is 11.8 Å². The lowest BCUT2D eigenvalue weighted by Gasteiger charge is -2.07. The molecule has 0 bridgehead atoms. The summed E-state index contributed by atoms with van der Waals surface area (Å²) in [5.74, 6) is -2.31. The first kappa shape index (κ1) is 12.8. The number of Topliss-reactive ketones (excluding diaryl/α,β-unsaturated/α-hetero) is 1. The molecule has 0 aliphatic heterocycles. The van der Waals surface area contributed by atoms with Crippen LogP contribution in [0.2, 0.25) is 0 Å². The normalized spacial score (nSPS) is 12.4. The Morgan fingerprint density at radius 3 is 2.78 bits per heavy atom. The summed E-state index contributed by atoms with van der Waals surface area (Å²) >= 11 is 1.12. The highest BCUT2D eigenvalue weighted by atomic mass is 32.2. The van der Waals surface area contributed by atoms with Gasteiger partial charge in [0.15, 0.2) is 17.4 Å². The molecule has 2 aromatic rings. The molecule has 3 nitrogen and oxygen atoms in total. The predicted molar refractivity (Wildman–Crippen MR) is 62.5 cm³/mol. The van der Waals surface area contributed by atoms with E-state index in [9.17, 15) is 13.6 Å². The minimum atomic E-state index is -1.03. The van der Waals surface area contributed by atoms with E-state index < -0.39 is 16.9 Å². The maximum absolute atomic E-state index is 13.0. The molecule has 0 aliphatic rings. The molecule has 1 aromatic carbocycles. The molecular weight excluding hydrogens is 260 g/mol. The molecule has 0 aliphatic carbocycles. The lowest BCUT2D eigenvalue weighted by molar-refractivity contribution is 0.0993. The summed E-state index contributed by atoms with van der Waals surface area (Å²) in [4.78, 5) is 15.8. The largest absolute Gasteiger partial charge is 0.440 e. The Hall–Kier alpha value is -1.69. The zero-order valence-corrected chi connectivity index (χ0v) is 10.2. The minimum Gasteiger partial charge on any atom is -0.440 e. The van der Waals surface area contributed by atoms with Crippen molar-refractivity contribution in [1.29, 1.82) is 0 Å². The minimum absolute atomic E-state index is 0.125.